The Morgan fingerprint density at radius 3 is 1.94 bits per heavy atom. The van der Waals surface area contributed by atoms with Gasteiger partial charge in [-0.2, -0.15) is 11.8 Å². The number of nitrogens with two attached hydrogens (primary N) is 2. The van der Waals surface area contributed by atoms with Crippen molar-refractivity contribution >= 4 is 41.4 Å². The minimum atomic E-state index is -1.63. The predicted octanol–water partition coefficient (Wildman–Crippen LogP) is -2.09. The summed E-state index contributed by atoms with van der Waals surface area (Å²) >= 11 is 1.53. The summed E-state index contributed by atoms with van der Waals surface area (Å²) in [7, 11) is 0. The standard InChI is InChI=1S/C19H35N5O7S/c1-5-9(2)14(23-16(27)11(20)6-7-32-4)17(28)24-15(10(3)25)18(29)22-12(19(30)31)8-13(21)26/h9-12,14-15,25H,5-8,20H2,1-4H3,(H2,21,26)(H,22,29)(H,23,27)(H,24,28)(H,30,31). The van der Waals surface area contributed by atoms with Crippen molar-refractivity contribution < 1.29 is 34.2 Å². The Morgan fingerprint density at radius 2 is 1.50 bits per heavy atom. The molecule has 9 N–H and O–H groups in total. The number of carbonyl (C=O) groups is 5. The SMILES string of the molecule is CCC(C)C(NC(=O)C(N)CCSC)C(=O)NC(C(=O)NC(CC(N)=O)C(=O)O)C(C)O. The molecule has 6 unspecified atom stereocenters. The second-order valence-corrected chi connectivity index (χ2v) is 8.54. The zero-order valence-corrected chi connectivity index (χ0v) is 19.6. The number of carboxylic acid groups (broad SMARTS) is 1. The van der Waals surface area contributed by atoms with Crippen LogP contribution in [0.4, 0.5) is 0 Å². The third-order valence-corrected chi connectivity index (χ3v) is 5.49. The van der Waals surface area contributed by atoms with Gasteiger partial charge in [-0.25, -0.2) is 4.79 Å². The van der Waals surface area contributed by atoms with Gasteiger partial charge in [-0.05, 0) is 31.3 Å². The van der Waals surface area contributed by atoms with E-state index >= 15 is 0 Å². The minimum Gasteiger partial charge on any atom is -0.480 e. The van der Waals surface area contributed by atoms with E-state index in [2.05, 4.69) is 16.0 Å². The topological polar surface area (TPSA) is 214 Å². The van der Waals surface area contributed by atoms with Gasteiger partial charge >= 0.3 is 5.97 Å². The summed E-state index contributed by atoms with van der Waals surface area (Å²) in [6, 6.07) is -5.02. The molecule has 0 heterocycles. The maximum Gasteiger partial charge on any atom is 0.326 e. The zero-order valence-electron chi connectivity index (χ0n) is 18.8. The summed E-state index contributed by atoms with van der Waals surface area (Å²) in [6.45, 7) is 4.76. The van der Waals surface area contributed by atoms with Crippen LogP contribution in [0.15, 0.2) is 0 Å². The molecule has 0 aromatic heterocycles. The van der Waals surface area contributed by atoms with E-state index in [0.29, 0.717) is 18.6 Å². The van der Waals surface area contributed by atoms with E-state index < -0.39 is 66.3 Å². The first-order valence-electron chi connectivity index (χ1n) is 10.2. The molecule has 0 saturated carbocycles. The van der Waals surface area contributed by atoms with Crippen molar-refractivity contribution in [3.63, 3.8) is 0 Å². The van der Waals surface area contributed by atoms with Gasteiger partial charge in [0.2, 0.25) is 23.6 Å². The molecule has 6 atom stereocenters. The third kappa shape index (κ3) is 10.3. The number of aliphatic hydroxyl groups is 1. The van der Waals surface area contributed by atoms with Gasteiger partial charge in [0.15, 0.2) is 0 Å². The molecular weight excluding hydrogens is 442 g/mol. The van der Waals surface area contributed by atoms with Crippen molar-refractivity contribution in [2.24, 2.45) is 17.4 Å². The van der Waals surface area contributed by atoms with E-state index in [1.807, 2.05) is 13.2 Å². The van der Waals surface area contributed by atoms with Crippen LogP contribution in [0.2, 0.25) is 0 Å². The van der Waals surface area contributed by atoms with Crippen molar-refractivity contribution in [2.45, 2.75) is 70.3 Å². The van der Waals surface area contributed by atoms with Gasteiger partial charge < -0.3 is 37.6 Å². The number of hydrogen-bond acceptors (Lipinski definition) is 8. The largest absolute Gasteiger partial charge is 0.480 e. The molecular formula is C19H35N5O7S. The molecule has 0 fully saturated rings. The van der Waals surface area contributed by atoms with E-state index in [1.54, 1.807) is 6.92 Å². The Kier molecular flexibility index (Phi) is 13.5. The number of thioether (sulfide) groups is 1. The van der Waals surface area contributed by atoms with Gasteiger partial charge in [0.05, 0.1) is 18.6 Å². The number of aliphatic hydroxyl groups excluding tert-OH is 1. The van der Waals surface area contributed by atoms with Gasteiger partial charge in [0, 0.05) is 0 Å². The van der Waals surface area contributed by atoms with Gasteiger partial charge in [0.1, 0.15) is 18.1 Å². The fraction of sp³-hybridized carbons (Fsp3) is 0.737. The van der Waals surface area contributed by atoms with Crippen LogP contribution < -0.4 is 27.4 Å². The number of carbonyl (C=O) groups excluding carboxylic acids is 4. The van der Waals surface area contributed by atoms with E-state index in [9.17, 15) is 29.1 Å². The number of nitrogens with one attached hydrogen (secondary N) is 3. The number of primary amides is 1. The monoisotopic (exact) mass is 477 g/mol. The molecule has 0 saturated heterocycles. The summed E-state index contributed by atoms with van der Waals surface area (Å²) in [6.07, 6.45) is 0.737. The Hall–Kier alpha value is -2.38. The fourth-order valence-corrected chi connectivity index (χ4v) is 3.14. The maximum atomic E-state index is 12.9. The molecule has 4 amide bonds. The summed E-state index contributed by atoms with van der Waals surface area (Å²) in [5.41, 5.74) is 10.8. The first-order chi connectivity index (χ1) is 14.8. The molecule has 0 spiro atoms. The van der Waals surface area contributed by atoms with E-state index in [1.165, 1.54) is 18.7 Å². The molecule has 0 aliphatic heterocycles. The van der Waals surface area contributed by atoms with Crippen LogP contribution in [-0.4, -0.2) is 82.1 Å². The second-order valence-electron chi connectivity index (χ2n) is 7.56. The molecule has 0 radical (unpaired) electrons. The molecule has 32 heavy (non-hydrogen) atoms. The number of amides is 4. The van der Waals surface area contributed by atoms with Gasteiger partial charge in [0.25, 0.3) is 0 Å². The van der Waals surface area contributed by atoms with Crippen LogP contribution >= 0.6 is 11.8 Å². The highest BCUT2D eigenvalue weighted by molar-refractivity contribution is 7.98. The van der Waals surface area contributed by atoms with Gasteiger partial charge in [-0.15, -0.1) is 0 Å². The van der Waals surface area contributed by atoms with Crippen molar-refractivity contribution in [2.75, 3.05) is 12.0 Å². The number of carboxylic acids is 1. The first-order valence-corrected chi connectivity index (χ1v) is 11.6. The molecule has 184 valence electrons. The lowest BCUT2D eigenvalue weighted by Gasteiger charge is -2.28. The van der Waals surface area contributed by atoms with Gasteiger partial charge in [-0.3, -0.25) is 19.2 Å². The lowest BCUT2D eigenvalue weighted by molar-refractivity contribution is -0.144. The second kappa shape index (κ2) is 14.6. The van der Waals surface area contributed by atoms with Crippen LogP contribution in [0.3, 0.4) is 0 Å². The van der Waals surface area contributed by atoms with Crippen LogP contribution in [0.1, 0.15) is 40.0 Å². The predicted molar refractivity (Wildman–Crippen MR) is 119 cm³/mol. The quantitative estimate of drug-likeness (QED) is 0.137. The van der Waals surface area contributed by atoms with E-state index in [4.69, 9.17) is 16.6 Å². The number of hydrogen-bond donors (Lipinski definition) is 7. The molecule has 0 aliphatic rings. The summed E-state index contributed by atoms with van der Waals surface area (Å²) < 4.78 is 0. The summed E-state index contributed by atoms with van der Waals surface area (Å²) in [5.74, 6) is -4.41. The minimum absolute atomic E-state index is 0.328. The molecule has 13 heteroatoms. The van der Waals surface area contributed by atoms with E-state index in [-0.39, 0.29) is 5.92 Å². The Balaban J connectivity index is 5.44. The highest BCUT2D eigenvalue weighted by Gasteiger charge is 2.34. The highest BCUT2D eigenvalue weighted by atomic mass is 32.2. The smallest absolute Gasteiger partial charge is 0.326 e. The van der Waals surface area contributed by atoms with Crippen LogP contribution in [0.25, 0.3) is 0 Å². The molecule has 0 bridgehead atoms. The average molecular weight is 478 g/mol. The van der Waals surface area contributed by atoms with Crippen molar-refractivity contribution in [3.05, 3.63) is 0 Å². The Morgan fingerprint density at radius 1 is 0.969 bits per heavy atom. The maximum absolute atomic E-state index is 12.9. The first kappa shape index (κ1) is 29.6. The number of aliphatic carboxylic acids is 1. The van der Waals surface area contributed by atoms with Crippen LogP contribution in [0, 0.1) is 5.92 Å². The lowest BCUT2D eigenvalue weighted by Crippen LogP contribution is -2.61. The lowest BCUT2D eigenvalue weighted by atomic mass is 9.97. The summed E-state index contributed by atoms with van der Waals surface area (Å²) in [5, 5.41) is 26.1. The molecule has 0 rings (SSSR count). The van der Waals surface area contributed by atoms with Crippen molar-refractivity contribution in [1.29, 1.82) is 0 Å². The molecule has 0 aromatic carbocycles. The summed E-state index contributed by atoms with van der Waals surface area (Å²) in [4.78, 5) is 60.1. The van der Waals surface area contributed by atoms with Crippen LogP contribution in [0.5, 0.6) is 0 Å². The fourth-order valence-electron chi connectivity index (χ4n) is 2.65. The molecule has 12 nitrogen and oxygen atoms in total. The van der Waals surface area contributed by atoms with Crippen LogP contribution in [-0.2, 0) is 24.0 Å². The molecule has 0 aliphatic carbocycles. The van der Waals surface area contributed by atoms with Crippen molar-refractivity contribution in [1.82, 2.24) is 16.0 Å². The van der Waals surface area contributed by atoms with Gasteiger partial charge in [-0.1, -0.05) is 20.3 Å². The Labute approximate surface area is 191 Å². The third-order valence-electron chi connectivity index (χ3n) is 4.85. The molecule has 0 aromatic rings. The van der Waals surface area contributed by atoms with E-state index in [0.717, 1.165) is 0 Å². The zero-order chi connectivity index (χ0) is 25.0. The van der Waals surface area contributed by atoms with Crippen molar-refractivity contribution in [3.8, 4) is 0 Å². The Bertz CT molecular complexity index is 676. The normalized spacial score (nSPS) is 16.6. The average Bonchev–Trinajstić information content (AvgIpc) is 2.71. The number of rotatable bonds is 15. The highest BCUT2D eigenvalue weighted by Crippen LogP contribution is 2.10.